The summed E-state index contributed by atoms with van der Waals surface area (Å²) in [6.45, 7) is 1.82. The van der Waals surface area contributed by atoms with Gasteiger partial charge in [-0.3, -0.25) is 14.6 Å². The van der Waals surface area contributed by atoms with Gasteiger partial charge in [0.25, 0.3) is 5.91 Å². The topological polar surface area (TPSA) is 149 Å². The lowest BCUT2D eigenvalue weighted by Crippen LogP contribution is -2.35. The molecule has 9 heteroatoms. The predicted octanol–water partition coefficient (Wildman–Crippen LogP) is 1.54. The molecular weight excluding hydrogens is 346 g/mol. The van der Waals surface area contributed by atoms with Crippen molar-refractivity contribution in [3.63, 3.8) is 0 Å². The van der Waals surface area contributed by atoms with Crippen molar-refractivity contribution in [2.24, 2.45) is 11.5 Å². The van der Waals surface area contributed by atoms with E-state index in [1.54, 1.807) is 12.4 Å². The highest BCUT2D eigenvalue weighted by Gasteiger charge is 2.17. The predicted molar refractivity (Wildman–Crippen MR) is 102 cm³/mol. The van der Waals surface area contributed by atoms with Gasteiger partial charge in [0, 0.05) is 23.5 Å². The summed E-state index contributed by atoms with van der Waals surface area (Å²) in [4.78, 5) is 35.7. The van der Waals surface area contributed by atoms with Crippen LogP contribution >= 0.6 is 0 Å². The van der Waals surface area contributed by atoms with Crippen LogP contribution in [0.1, 0.15) is 23.8 Å². The Hall–Kier alpha value is -3.75. The maximum Gasteiger partial charge on any atom is 0.271 e. The summed E-state index contributed by atoms with van der Waals surface area (Å²) < 4.78 is 0. The van der Waals surface area contributed by atoms with E-state index in [0.29, 0.717) is 17.9 Å². The van der Waals surface area contributed by atoms with Gasteiger partial charge in [0.2, 0.25) is 5.91 Å². The van der Waals surface area contributed by atoms with Crippen LogP contribution in [-0.4, -0.2) is 32.8 Å². The summed E-state index contributed by atoms with van der Waals surface area (Å²) in [5.74, 6) is -0.764. The first kappa shape index (κ1) is 18.1. The van der Waals surface area contributed by atoms with Gasteiger partial charge in [-0.2, -0.15) is 0 Å². The van der Waals surface area contributed by atoms with E-state index in [4.69, 9.17) is 11.5 Å². The second kappa shape index (κ2) is 7.65. The van der Waals surface area contributed by atoms with Crippen molar-refractivity contribution in [3.05, 3.63) is 48.5 Å². The third-order valence-electron chi connectivity index (χ3n) is 4.02. The monoisotopic (exact) mass is 365 g/mol. The Labute approximate surface area is 155 Å². The molecule has 3 aromatic rings. The van der Waals surface area contributed by atoms with E-state index >= 15 is 0 Å². The lowest BCUT2D eigenvalue weighted by molar-refractivity contribution is -0.118. The molecule has 6 N–H and O–H groups in total. The minimum Gasteiger partial charge on any atom is -0.368 e. The molecule has 0 aliphatic rings. The van der Waals surface area contributed by atoms with Crippen LogP contribution in [0.15, 0.2) is 42.9 Å². The number of carbonyl (C=O) groups excluding carboxylic acids is 2. The van der Waals surface area contributed by atoms with Crippen LogP contribution in [0, 0.1) is 0 Å². The number of pyridine rings is 1. The van der Waals surface area contributed by atoms with Crippen LogP contribution < -0.4 is 22.1 Å². The average molecular weight is 365 g/mol. The highest BCUT2D eigenvalue weighted by atomic mass is 16.1. The van der Waals surface area contributed by atoms with Crippen molar-refractivity contribution >= 4 is 39.9 Å². The molecule has 0 bridgehead atoms. The van der Waals surface area contributed by atoms with Crippen LogP contribution in [0.2, 0.25) is 0 Å². The van der Waals surface area contributed by atoms with Crippen LogP contribution in [0.3, 0.4) is 0 Å². The molecule has 2 amide bonds. The average Bonchev–Trinajstić information content (AvgIpc) is 2.66. The Bertz CT molecular complexity index is 1000. The summed E-state index contributed by atoms with van der Waals surface area (Å²) in [5, 5.41) is 7.81. The molecule has 0 aliphatic carbocycles. The number of hydrogen-bond acceptors (Lipinski definition) is 7. The molecule has 2 heterocycles. The highest BCUT2D eigenvalue weighted by molar-refractivity contribution is 5.99. The lowest BCUT2D eigenvalue weighted by Gasteiger charge is -2.16. The van der Waals surface area contributed by atoms with Crippen LogP contribution in [0.5, 0.6) is 0 Å². The molecule has 0 fully saturated rings. The Morgan fingerprint density at radius 1 is 1.19 bits per heavy atom. The largest absolute Gasteiger partial charge is 0.368 e. The van der Waals surface area contributed by atoms with E-state index in [1.165, 1.54) is 6.20 Å². The van der Waals surface area contributed by atoms with Gasteiger partial charge < -0.3 is 22.1 Å². The molecule has 2 aromatic heterocycles. The summed E-state index contributed by atoms with van der Waals surface area (Å²) in [6.07, 6.45) is 5.21. The van der Waals surface area contributed by atoms with E-state index in [0.717, 1.165) is 10.8 Å². The quantitative estimate of drug-likeness (QED) is 0.496. The van der Waals surface area contributed by atoms with Crippen LogP contribution in [0.25, 0.3) is 10.8 Å². The Morgan fingerprint density at radius 3 is 2.70 bits per heavy atom. The van der Waals surface area contributed by atoms with Crippen molar-refractivity contribution < 1.29 is 9.59 Å². The molecule has 138 valence electrons. The van der Waals surface area contributed by atoms with E-state index in [-0.39, 0.29) is 11.5 Å². The fourth-order valence-corrected chi connectivity index (χ4v) is 2.63. The first-order valence-electron chi connectivity index (χ1n) is 8.32. The number of rotatable bonds is 7. The summed E-state index contributed by atoms with van der Waals surface area (Å²) in [5.41, 5.74) is 11.4. The first-order valence-corrected chi connectivity index (χ1v) is 8.32. The van der Waals surface area contributed by atoms with Gasteiger partial charge in [0.1, 0.15) is 11.9 Å². The molecule has 9 nitrogen and oxygen atoms in total. The third kappa shape index (κ3) is 3.92. The van der Waals surface area contributed by atoms with Crippen LogP contribution in [0.4, 0.5) is 17.3 Å². The maximum absolute atomic E-state index is 11.7. The molecule has 1 atom stereocenters. The minimum absolute atomic E-state index is 0.0198. The second-order valence-corrected chi connectivity index (χ2v) is 5.85. The maximum atomic E-state index is 11.7. The fraction of sp³-hybridized carbons (Fsp3) is 0.167. The molecule has 0 spiro atoms. The molecule has 0 unspecified atom stereocenters. The highest BCUT2D eigenvalue weighted by Crippen LogP contribution is 2.26. The van der Waals surface area contributed by atoms with Crippen molar-refractivity contribution in [1.82, 2.24) is 15.0 Å². The fourth-order valence-electron chi connectivity index (χ4n) is 2.63. The number of amides is 2. The molecule has 3 rings (SSSR count). The van der Waals surface area contributed by atoms with Crippen molar-refractivity contribution in [2.75, 3.05) is 10.6 Å². The summed E-state index contributed by atoms with van der Waals surface area (Å²) >= 11 is 0. The third-order valence-corrected chi connectivity index (χ3v) is 4.02. The summed E-state index contributed by atoms with van der Waals surface area (Å²) in [7, 11) is 0. The lowest BCUT2D eigenvalue weighted by atomic mass is 10.1. The number of anilines is 3. The number of nitrogens with two attached hydrogens (primary N) is 2. The van der Waals surface area contributed by atoms with E-state index in [9.17, 15) is 9.59 Å². The number of primary amides is 2. The number of hydrogen-bond donors (Lipinski definition) is 4. The van der Waals surface area contributed by atoms with Gasteiger partial charge in [-0.05, 0) is 23.9 Å². The van der Waals surface area contributed by atoms with E-state index in [1.807, 2.05) is 31.2 Å². The minimum atomic E-state index is -0.725. The Balaban J connectivity index is 2.00. The van der Waals surface area contributed by atoms with E-state index < -0.39 is 17.9 Å². The zero-order chi connectivity index (χ0) is 19.4. The van der Waals surface area contributed by atoms with Crippen molar-refractivity contribution in [1.29, 1.82) is 0 Å². The van der Waals surface area contributed by atoms with Crippen molar-refractivity contribution in [3.8, 4) is 0 Å². The van der Waals surface area contributed by atoms with Gasteiger partial charge in [0.05, 0.1) is 6.20 Å². The summed E-state index contributed by atoms with van der Waals surface area (Å²) in [6, 6.07) is 6.91. The molecule has 0 radical (unpaired) electrons. The normalized spacial score (nSPS) is 11.7. The molecule has 1 aromatic carbocycles. The smallest absolute Gasteiger partial charge is 0.271 e. The Kier molecular flexibility index (Phi) is 5.11. The SMILES string of the molecule is CC[C@@H](Nc1cnc(C(N)=O)c(Nc2cccc3ccncc23)n1)C(N)=O. The van der Waals surface area contributed by atoms with Gasteiger partial charge in [-0.1, -0.05) is 19.1 Å². The number of carbonyl (C=O) groups is 2. The molecular formula is C18H19N7O2. The molecule has 0 saturated heterocycles. The molecule has 0 aliphatic heterocycles. The number of aromatic nitrogens is 3. The van der Waals surface area contributed by atoms with Crippen LogP contribution in [-0.2, 0) is 4.79 Å². The Morgan fingerprint density at radius 2 is 2.00 bits per heavy atom. The standard InChI is InChI=1S/C18H19N7O2/c1-2-12(16(19)26)23-14-9-22-15(17(20)27)18(25-14)24-13-5-3-4-10-6-7-21-8-11(10)13/h3-9,12H,2H2,1H3,(H2,19,26)(H2,20,27)(H2,23,24,25)/t12-/m1/s1. The van der Waals surface area contributed by atoms with Gasteiger partial charge in [-0.25, -0.2) is 9.97 Å². The zero-order valence-corrected chi connectivity index (χ0v) is 14.6. The number of benzene rings is 1. The van der Waals surface area contributed by atoms with Gasteiger partial charge in [-0.15, -0.1) is 0 Å². The first-order chi connectivity index (χ1) is 13.0. The number of fused-ring (bicyclic) bond motifs is 1. The van der Waals surface area contributed by atoms with Crippen molar-refractivity contribution in [2.45, 2.75) is 19.4 Å². The molecule has 0 saturated carbocycles. The van der Waals surface area contributed by atoms with E-state index in [2.05, 4.69) is 25.6 Å². The van der Waals surface area contributed by atoms with Gasteiger partial charge >= 0.3 is 0 Å². The second-order valence-electron chi connectivity index (χ2n) is 5.85. The van der Waals surface area contributed by atoms with Gasteiger partial charge in [0.15, 0.2) is 11.5 Å². The number of nitrogens with zero attached hydrogens (tertiary/aromatic N) is 3. The zero-order valence-electron chi connectivity index (χ0n) is 14.6. The molecule has 27 heavy (non-hydrogen) atoms. The number of nitrogens with one attached hydrogen (secondary N) is 2.